The van der Waals surface area contributed by atoms with Crippen LogP contribution in [0.25, 0.3) is 0 Å². The van der Waals surface area contributed by atoms with Crippen LogP contribution in [0.5, 0.6) is 0 Å². The van der Waals surface area contributed by atoms with Crippen LogP contribution in [-0.4, -0.2) is 27.3 Å². The summed E-state index contributed by atoms with van der Waals surface area (Å²) >= 11 is 3.44. The van der Waals surface area contributed by atoms with Gasteiger partial charge in [0.05, 0.1) is 23.3 Å². The Bertz CT molecular complexity index is 480. The Labute approximate surface area is 107 Å². The van der Waals surface area contributed by atoms with Gasteiger partial charge in [0.15, 0.2) is 5.76 Å². The summed E-state index contributed by atoms with van der Waals surface area (Å²) in [6.45, 7) is 2.97. The van der Waals surface area contributed by atoms with Crippen molar-refractivity contribution < 1.29 is 9.26 Å². The number of alkyl halides is 1. The normalized spacial score (nSPS) is 12.9. The second-order valence-corrected chi connectivity index (χ2v) is 5.05. The van der Waals surface area contributed by atoms with E-state index in [1.165, 1.54) is 0 Å². The Hall–Kier alpha value is -1.21. The molecule has 0 aliphatic heterocycles. The van der Waals surface area contributed by atoms with Gasteiger partial charge in [0.1, 0.15) is 12.3 Å². The molecular formula is C10H13BrN4O2. The van der Waals surface area contributed by atoms with Crippen molar-refractivity contribution in [3.63, 3.8) is 0 Å². The van der Waals surface area contributed by atoms with Gasteiger partial charge in [-0.05, 0) is 6.92 Å². The van der Waals surface area contributed by atoms with Gasteiger partial charge in [0.25, 0.3) is 0 Å². The van der Waals surface area contributed by atoms with Crippen LogP contribution in [0, 0.1) is 0 Å². The van der Waals surface area contributed by atoms with Crippen LogP contribution in [0.15, 0.2) is 16.8 Å². The zero-order valence-electron chi connectivity index (χ0n) is 9.63. The molecule has 1 atom stereocenters. The molecule has 92 valence electrons. The molecule has 0 fully saturated rings. The first-order chi connectivity index (χ1) is 8.19. The first-order valence-electron chi connectivity index (χ1n) is 5.16. The predicted molar refractivity (Wildman–Crippen MR) is 63.7 cm³/mol. The minimum Gasteiger partial charge on any atom is -0.377 e. The van der Waals surface area contributed by atoms with Crippen molar-refractivity contribution in [2.75, 3.05) is 7.11 Å². The van der Waals surface area contributed by atoms with E-state index in [4.69, 9.17) is 9.26 Å². The van der Waals surface area contributed by atoms with Crippen LogP contribution in [0.4, 0.5) is 0 Å². The summed E-state index contributed by atoms with van der Waals surface area (Å²) in [6, 6.07) is 1.85. The molecule has 0 bridgehead atoms. The lowest BCUT2D eigenvalue weighted by molar-refractivity contribution is 0.155. The van der Waals surface area contributed by atoms with E-state index < -0.39 is 0 Å². The highest BCUT2D eigenvalue weighted by molar-refractivity contribution is 9.09. The molecular weight excluding hydrogens is 288 g/mol. The highest BCUT2D eigenvalue weighted by Gasteiger charge is 2.09. The van der Waals surface area contributed by atoms with Crippen molar-refractivity contribution >= 4 is 15.9 Å². The number of methoxy groups -OCH3 is 1. The van der Waals surface area contributed by atoms with Gasteiger partial charge in [-0.1, -0.05) is 26.3 Å². The summed E-state index contributed by atoms with van der Waals surface area (Å²) in [5.41, 5.74) is 1.70. The van der Waals surface area contributed by atoms with Gasteiger partial charge in [0.2, 0.25) is 0 Å². The zero-order valence-corrected chi connectivity index (χ0v) is 11.2. The molecule has 0 saturated carbocycles. The summed E-state index contributed by atoms with van der Waals surface area (Å²) in [7, 11) is 1.61. The van der Waals surface area contributed by atoms with E-state index in [-0.39, 0.29) is 4.83 Å². The third-order valence-electron chi connectivity index (χ3n) is 2.18. The maximum Gasteiger partial charge on any atom is 0.162 e. The molecule has 1 unspecified atom stereocenters. The summed E-state index contributed by atoms with van der Waals surface area (Å²) in [5, 5.41) is 12.0. The van der Waals surface area contributed by atoms with Gasteiger partial charge in [-0.25, -0.2) is 4.68 Å². The second kappa shape index (κ2) is 5.42. The number of rotatable bonds is 5. The average molecular weight is 301 g/mol. The van der Waals surface area contributed by atoms with Gasteiger partial charge in [-0.3, -0.25) is 0 Å². The molecule has 2 aromatic heterocycles. The van der Waals surface area contributed by atoms with Crippen molar-refractivity contribution in [2.24, 2.45) is 0 Å². The summed E-state index contributed by atoms with van der Waals surface area (Å²) < 4.78 is 11.8. The largest absolute Gasteiger partial charge is 0.377 e. The number of hydrogen-bond acceptors (Lipinski definition) is 5. The fourth-order valence-electron chi connectivity index (χ4n) is 1.38. The predicted octanol–water partition coefficient (Wildman–Crippen LogP) is 1.92. The van der Waals surface area contributed by atoms with Crippen molar-refractivity contribution in [2.45, 2.75) is 24.9 Å². The average Bonchev–Trinajstić information content (AvgIpc) is 2.89. The van der Waals surface area contributed by atoms with Crippen LogP contribution >= 0.6 is 15.9 Å². The molecule has 2 heterocycles. The van der Waals surface area contributed by atoms with Gasteiger partial charge >= 0.3 is 0 Å². The highest BCUT2D eigenvalue weighted by Crippen LogP contribution is 2.18. The van der Waals surface area contributed by atoms with E-state index in [9.17, 15) is 0 Å². The van der Waals surface area contributed by atoms with Crippen molar-refractivity contribution in [3.8, 4) is 0 Å². The third-order valence-corrected chi connectivity index (χ3v) is 2.65. The fourth-order valence-corrected chi connectivity index (χ4v) is 1.59. The van der Waals surface area contributed by atoms with Gasteiger partial charge in [0, 0.05) is 13.2 Å². The minimum atomic E-state index is 0.192. The number of hydrogen-bond donors (Lipinski definition) is 0. The van der Waals surface area contributed by atoms with Crippen molar-refractivity contribution in [1.82, 2.24) is 20.2 Å². The van der Waals surface area contributed by atoms with Gasteiger partial charge in [-0.2, -0.15) is 0 Å². The van der Waals surface area contributed by atoms with Crippen LogP contribution in [0.2, 0.25) is 0 Å². The molecule has 0 N–H and O–H groups in total. The Kier molecular flexibility index (Phi) is 3.90. The monoisotopic (exact) mass is 300 g/mol. The van der Waals surface area contributed by atoms with E-state index in [1.54, 1.807) is 11.8 Å². The molecule has 0 amide bonds. The molecule has 7 heteroatoms. The molecule has 17 heavy (non-hydrogen) atoms. The highest BCUT2D eigenvalue weighted by atomic mass is 79.9. The first kappa shape index (κ1) is 12.3. The molecule has 2 rings (SSSR count). The molecule has 0 radical (unpaired) electrons. The van der Waals surface area contributed by atoms with Gasteiger partial charge < -0.3 is 9.26 Å². The molecule has 0 spiro atoms. The lowest BCUT2D eigenvalue weighted by atomic mass is 10.3. The zero-order chi connectivity index (χ0) is 12.3. The fraction of sp³-hybridized carbons (Fsp3) is 0.500. The SMILES string of the molecule is COCc1cc(Cn2cc(C(C)Br)nn2)no1. The Morgan fingerprint density at radius 1 is 1.59 bits per heavy atom. The van der Waals surface area contributed by atoms with Crippen LogP contribution in [0.1, 0.15) is 28.9 Å². The lowest BCUT2D eigenvalue weighted by Crippen LogP contribution is -2.00. The van der Waals surface area contributed by atoms with E-state index >= 15 is 0 Å². The third kappa shape index (κ3) is 3.13. The van der Waals surface area contributed by atoms with E-state index in [0.29, 0.717) is 18.9 Å². The topological polar surface area (TPSA) is 66.0 Å². The molecule has 0 aliphatic carbocycles. The van der Waals surface area contributed by atoms with Crippen LogP contribution in [0.3, 0.4) is 0 Å². The number of nitrogens with zero attached hydrogens (tertiary/aromatic N) is 4. The Balaban J connectivity index is 2.03. The molecule has 0 saturated heterocycles. The van der Waals surface area contributed by atoms with Gasteiger partial charge in [-0.15, -0.1) is 5.10 Å². The van der Waals surface area contributed by atoms with Crippen LogP contribution in [-0.2, 0) is 17.9 Å². The summed E-state index contributed by atoms with van der Waals surface area (Å²) in [5.74, 6) is 0.705. The first-order valence-corrected chi connectivity index (χ1v) is 6.08. The standard InChI is InChI=1S/C10H13BrN4O2/c1-7(11)10-5-15(14-12-10)4-8-3-9(6-16-2)17-13-8/h3,5,7H,4,6H2,1-2H3. The summed E-state index contributed by atoms with van der Waals surface area (Å²) in [6.07, 6.45) is 1.88. The van der Waals surface area contributed by atoms with Crippen LogP contribution < -0.4 is 0 Å². The van der Waals surface area contributed by atoms with E-state index in [1.807, 2.05) is 19.2 Å². The quantitative estimate of drug-likeness (QED) is 0.789. The maximum atomic E-state index is 5.09. The molecule has 0 aromatic carbocycles. The Morgan fingerprint density at radius 3 is 3.06 bits per heavy atom. The van der Waals surface area contributed by atoms with Crippen molar-refractivity contribution in [3.05, 3.63) is 29.4 Å². The second-order valence-electron chi connectivity index (χ2n) is 3.67. The molecule has 2 aromatic rings. The minimum absolute atomic E-state index is 0.192. The maximum absolute atomic E-state index is 5.09. The van der Waals surface area contributed by atoms with Crippen molar-refractivity contribution in [1.29, 1.82) is 0 Å². The molecule has 6 nitrogen and oxygen atoms in total. The Morgan fingerprint density at radius 2 is 2.41 bits per heavy atom. The lowest BCUT2D eigenvalue weighted by Gasteiger charge is -1.94. The smallest absolute Gasteiger partial charge is 0.162 e. The number of halogens is 1. The molecule has 0 aliphatic rings. The van der Waals surface area contributed by atoms with E-state index in [0.717, 1.165) is 11.4 Å². The number of aromatic nitrogens is 4. The van der Waals surface area contributed by atoms with E-state index in [2.05, 4.69) is 31.4 Å². The summed E-state index contributed by atoms with van der Waals surface area (Å²) in [4.78, 5) is 0.192. The number of ether oxygens (including phenoxy) is 1.